The maximum absolute atomic E-state index is 11.5. The van der Waals surface area contributed by atoms with Crippen LogP contribution in [0.5, 0.6) is 0 Å². The van der Waals surface area contributed by atoms with Crippen LogP contribution in [-0.4, -0.2) is 18.9 Å². The molecule has 0 amide bonds. The lowest BCUT2D eigenvalue weighted by atomic mass is 10.2. The average Bonchev–Trinajstić information content (AvgIpc) is 2.30. The van der Waals surface area contributed by atoms with Gasteiger partial charge in [0.05, 0.1) is 5.56 Å². The highest BCUT2D eigenvalue weighted by Gasteiger charge is 2.34. The molecule has 18 heavy (non-hydrogen) atoms. The number of carbonyl (C=O) groups is 1. The lowest BCUT2D eigenvalue weighted by Crippen LogP contribution is -2.19. The van der Waals surface area contributed by atoms with Crippen molar-refractivity contribution in [3.63, 3.8) is 0 Å². The first kappa shape index (κ1) is 16.4. The third kappa shape index (κ3) is 8.58. The van der Waals surface area contributed by atoms with E-state index in [0.717, 1.165) is 6.54 Å². The van der Waals surface area contributed by atoms with Crippen molar-refractivity contribution in [2.45, 2.75) is 26.1 Å². The molecule has 0 bridgehead atoms. The van der Waals surface area contributed by atoms with Crippen LogP contribution in [0.15, 0.2) is 30.3 Å². The Kier molecular flexibility index (Phi) is 7.78. The van der Waals surface area contributed by atoms with E-state index < -0.39 is 12.3 Å². The van der Waals surface area contributed by atoms with Gasteiger partial charge in [-0.1, -0.05) is 31.5 Å². The molecule has 0 aliphatic carbocycles. The lowest BCUT2D eigenvalue weighted by Gasteiger charge is -2.06. The third-order valence-electron chi connectivity index (χ3n) is 1.78. The predicted octanol–water partition coefficient (Wildman–Crippen LogP) is 3.11. The fourth-order valence-corrected chi connectivity index (χ4v) is 0.942. The molecule has 0 saturated heterocycles. The lowest BCUT2D eigenvalue weighted by molar-refractivity contribution is -0.291. The molecule has 0 atom stereocenters. The van der Waals surface area contributed by atoms with Crippen molar-refractivity contribution in [2.24, 2.45) is 5.73 Å². The highest BCUT2D eigenvalue weighted by molar-refractivity contribution is 5.89. The van der Waals surface area contributed by atoms with Gasteiger partial charge in [-0.15, -0.1) is 13.2 Å². The summed E-state index contributed by atoms with van der Waals surface area (Å²) in [5, 5.41) is 0. The minimum Gasteiger partial charge on any atom is -0.369 e. The molecule has 0 unspecified atom stereocenters. The molecule has 0 saturated carbocycles. The number of benzene rings is 1. The molecule has 0 radical (unpaired) electrons. The summed E-state index contributed by atoms with van der Waals surface area (Å²) in [5.74, 6) is -1.40. The molecule has 6 heteroatoms. The summed E-state index contributed by atoms with van der Waals surface area (Å²) in [7, 11) is 0. The Morgan fingerprint density at radius 1 is 1.28 bits per heavy atom. The topological polar surface area (TPSA) is 52.3 Å². The number of hydrogen-bond acceptors (Lipinski definition) is 3. The van der Waals surface area contributed by atoms with Crippen LogP contribution in [0.4, 0.5) is 13.2 Å². The van der Waals surface area contributed by atoms with Crippen molar-refractivity contribution >= 4 is 5.97 Å². The summed E-state index contributed by atoms with van der Waals surface area (Å²) in [4.78, 5) is 10.7. The SMILES string of the molecule is CCCCN.O=C(OC(F)(F)F)c1ccccc1. The van der Waals surface area contributed by atoms with E-state index in [-0.39, 0.29) is 5.56 Å². The molecule has 0 aliphatic rings. The van der Waals surface area contributed by atoms with Crippen LogP contribution in [0.25, 0.3) is 0 Å². The fraction of sp³-hybridized carbons (Fsp3) is 0.417. The summed E-state index contributed by atoms with van der Waals surface area (Å²) in [6, 6.07) is 6.98. The van der Waals surface area contributed by atoms with Crippen molar-refractivity contribution in [2.75, 3.05) is 6.54 Å². The van der Waals surface area contributed by atoms with Crippen LogP contribution in [0.1, 0.15) is 30.1 Å². The number of esters is 1. The zero-order valence-electron chi connectivity index (χ0n) is 10.0. The summed E-state index contributed by atoms with van der Waals surface area (Å²) in [6.07, 6.45) is -2.54. The Labute approximate surface area is 104 Å². The van der Waals surface area contributed by atoms with Gasteiger partial charge in [-0.2, -0.15) is 0 Å². The van der Waals surface area contributed by atoms with E-state index in [2.05, 4.69) is 11.7 Å². The molecule has 0 aromatic heterocycles. The number of ether oxygens (including phenoxy) is 1. The predicted molar refractivity (Wildman–Crippen MR) is 61.9 cm³/mol. The van der Waals surface area contributed by atoms with Crippen molar-refractivity contribution in [3.8, 4) is 0 Å². The van der Waals surface area contributed by atoms with Gasteiger partial charge in [0.15, 0.2) is 0 Å². The van der Waals surface area contributed by atoms with Gasteiger partial charge in [-0.25, -0.2) is 4.79 Å². The second-order valence-electron chi connectivity index (χ2n) is 3.34. The first-order chi connectivity index (χ1) is 8.40. The van der Waals surface area contributed by atoms with Crippen LogP contribution in [0, 0.1) is 0 Å². The fourth-order valence-electron chi connectivity index (χ4n) is 0.942. The molecule has 3 nitrogen and oxygen atoms in total. The second-order valence-corrected chi connectivity index (χ2v) is 3.34. The van der Waals surface area contributed by atoms with Gasteiger partial charge >= 0.3 is 12.3 Å². The average molecular weight is 263 g/mol. The summed E-state index contributed by atoms with van der Waals surface area (Å²) >= 11 is 0. The van der Waals surface area contributed by atoms with Gasteiger partial charge in [-0.3, -0.25) is 0 Å². The molecule has 1 aromatic carbocycles. The number of unbranched alkanes of at least 4 members (excludes halogenated alkanes) is 1. The summed E-state index contributed by atoms with van der Waals surface area (Å²) in [5.41, 5.74) is 5.01. The first-order valence-corrected chi connectivity index (χ1v) is 5.46. The Hall–Kier alpha value is -1.56. The summed E-state index contributed by atoms with van der Waals surface area (Å²) < 4.78 is 37.8. The molecular formula is C12H16F3NO2. The van der Waals surface area contributed by atoms with Gasteiger partial charge in [0.1, 0.15) is 0 Å². The standard InChI is InChI=1S/C8H5F3O2.C4H11N/c9-8(10,11)13-7(12)6-4-2-1-3-5-6;1-2-3-4-5/h1-5H;2-5H2,1H3. The highest BCUT2D eigenvalue weighted by atomic mass is 19.4. The molecule has 0 spiro atoms. The molecule has 1 aromatic rings. The molecule has 102 valence electrons. The van der Waals surface area contributed by atoms with E-state index >= 15 is 0 Å². The van der Waals surface area contributed by atoms with Gasteiger partial charge in [0.25, 0.3) is 0 Å². The van der Waals surface area contributed by atoms with Gasteiger partial charge in [-0.05, 0) is 25.1 Å². The van der Waals surface area contributed by atoms with Gasteiger partial charge in [0.2, 0.25) is 0 Å². The van der Waals surface area contributed by atoms with Crippen LogP contribution >= 0.6 is 0 Å². The highest BCUT2D eigenvalue weighted by Crippen LogP contribution is 2.18. The first-order valence-electron chi connectivity index (χ1n) is 5.46. The molecule has 0 heterocycles. The largest absolute Gasteiger partial charge is 0.575 e. The number of alkyl halides is 3. The van der Waals surface area contributed by atoms with E-state index in [1.807, 2.05) is 0 Å². The molecular weight excluding hydrogens is 247 g/mol. The normalized spacial score (nSPS) is 10.3. The van der Waals surface area contributed by atoms with Crippen LogP contribution in [-0.2, 0) is 4.74 Å². The van der Waals surface area contributed by atoms with Crippen molar-refractivity contribution < 1.29 is 22.7 Å². The minimum atomic E-state index is -4.92. The quantitative estimate of drug-likeness (QED) is 0.852. The Bertz CT molecular complexity index is 337. The molecule has 0 fully saturated rings. The van der Waals surface area contributed by atoms with Crippen LogP contribution in [0.2, 0.25) is 0 Å². The number of carbonyl (C=O) groups excluding carboxylic acids is 1. The number of halogens is 3. The van der Waals surface area contributed by atoms with Crippen molar-refractivity contribution in [1.82, 2.24) is 0 Å². The molecule has 2 N–H and O–H groups in total. The van der Waals surface area contributed by atoms with Crippen molar-refractivity contribution in [3.05, 3.63) is 35.9 Å². The van der Waals surface area contributed by atoms with E-state index in [4.69, 9.17) is 5.73 Å². The van der Waals surface area contributed by atoms with Crippen LogP contribution in [0.3, 0.4) is 0 Å². The van der Waals surface area contributed by atoms with E-state index in [9.17, 15) is 18.0 Å². The molecule has 1 rings (SSSR count). The van der Waals surface area contributed by atoms with Gasteiger partial charge in [0, 0.05) is 0 Å². The third-order valence-corrected chi connectivity index (χ3v) is 1.78. The number of nitrogens with two attached hydrogens (primary N) is 1. The monoisotopic (exact) mass is 263 g/mol. The van der Waals surface area contributed by atoms with E-state index in [1.54, 1.807) is 6.07 Å². The van der Waals surface area contributed by atoms with Crippen molar-refractivity contribution in [1.29, 1.82) is 0 Å². The zero-order chi connectivity index (χ0) is 14.0. The van der Waals surface area contributed by atoms with E-state index in [1.165, 1.54) is 37.1 Å². The number of rotatable bonds is 3. The Morgan fingerprint density at radius 3 is 2.17 bits per heavy atom. The maximum Gasteiger partial charge on any atom is 0.575 e. The number of hydrogen-bond donors (Lipinski definition) is 1. The minimum absolute atomic E-state index is 0.125. The smallest absolute Gasteiger partial charge is 0.369 e. The van der Waals surface area contributed by atoms with E-state index in [0.29, 0.717) is 0 Å². The summed E-state index contributed by atoms with van der Waals surface area (Å²) in [6.45, 7) is 2.98. The molecule has 0 aliphatic heterocycles. The maximum atomic E-state index is 11.5. The Balaban J connectivity index is 0.000000494. The van der Waals surface area contributed by atoms with Crippen LogP contribution < -0.4 is 5.73 Å². The second kappa shape index (κ2) is 8.52. The Morgan fingerprint density at radius 2 is 1.83 bits per heavy atom. The van der Waals surface area contributed by atoms with Gasteiger partial charge < -0.3 is 10.5 Å². The zero-order valence-corrected chi connectivity index (χ0v) is 10.0.